The van der Waals surface area contributed by atoms with Gasteiger partial charge in [-0.25, -0.2) is 21.6 Å². The SMILES string of the molecule is O=C(Cn1cc(S(=O)(=O)Cc2ccccc2F)c2ccccc21)Nc1ccc(F)cc1F. The third kappa shape index (κ3) is 4.38. The summed E-state index contributed by atoms with van der Waals surface area (Å²) in [4.78, 5) is 12.4. The van der Waals surface area contributed by atoms with Crippen LogP contribution in [0.1, 0.15) is 5.56 Å². The first-order valence-corrected chi connectivity index (χ1v) is 11.2. The topological polar surface area (TPSA) is 68.2 Å². The Labute approximate surface area is 182 Å². The van der Waals surface area contributed by atoms with Crippen molar-refractivity contribution in [2.24, 2.45) is 0 Å². The van der Waals surface area contributed by atoms with Gasteiger partial charge in [-0.3, -0.25) is 4.79 Å². The Bertz CT molecular complexity index is 1430. The fourth-order valence-corrected chi connectivity index (χ4v) is 5.02. The molecule has 0 bridgehead atoms. The summed E-state index contributed by atoms with van der Waals surface area (Å²) < 4.78 is 68.5. The van der Waals surface area contributed by atoms with E-state index in [1.807, 2.05) is 0 Å². The summed E-state index contributed by atoms with van der Waals surface area (Å²) in [6.45, 7) is -0.313. The van der Waals surface area contributed by atoms with Crippen molar-refractivity contribution < 1.29 is 26.4 Å². The van der Waals surface area contributed by atoms with Crippen molar-refractivity contribution in [1.29, 1.82) is 0 Å². The van der Waals surface area contributed by atoms with Crippen LogP contribution >= 0.6 is 0 Å². The van der Waals surface area contributed by atoms with E-state index in [9.17, 15) is 26.4 Å². The van der Waals surface area contributed by atoms with E-state index >= 15 is 0 Å². The molecule has 0 radical (unpaired) electrons. The van der Waals surface area contributed by atoms with E-state index in [-0.39, 0.29) is 22.7 Å². The molecule has 9 heteroatoms. The van der Waals surface area contributed by atoms with E-state index in [4.69, 9.17) is 0 Å². The monoisotopic (exact) mass is 458 g/mol. The Kier molecular flexibility index (Phi) is 5.75. The number of carbonyl (C=O) groups excluding carboxylic acids is 1. The normalized spacial score (nSPS) is 11.6. The maximum Gasteiger partial charge on any atom is 0.244 e. The highest BCUT2D eigenvalue weighted by Crippen LogP contribution is 2.28. The first-order chi connectivity index (χ1) is 15.2. The Balaban J connectivity index is 1.65. The Morgan fingerprint density at radius 3 is 2.38 bits per heavy atom. The minimum atomic E-state index is -3.94. The number of hydrogen-bond donors (Lipinski definition) is 1. The summed E-state index contributed by atoms with van der Waals surface area (Å²) >= 11 is 0. The van der Waals surface area contributed by atoms with Gasteiger partial charge < -0.3 is 9.88 Å². The molecule has 0 unspecified atom stereocenters. The number of anilines is 1. The highest BCUT2D eigenvalue weighted by molar-refractivity contribution is 7.90. The van der Waals surface area contributed by atoms with E-state index in [0.29, 0.717) is 17.0 Å². The molecule has 0 atom stereocenters. The molecule has 0 aliphatic rings. The molecule has 3 aromatic carbocycles. The lowest BCUT2D eigenvalue weighted by molar-refractivity contribution is -0.116. The molecule has 1 heterocycles. The lowest BCUT2D eigenvalue weighted by Crippen LogP contribution is -2.19. The second-order valence-electron chi connectivity index (χ2n) is 7.16. The third-order valence-electron chi connectivity index (χ3n) is 4.91. The smallest absolute Gasteiger partial charge is 0.244 e. The molecule has 0 saturated carbocycles. The number of hydrogen-bond acceptors (Lipinski definition) is 3. The Morgan fingerprint density at radius 2 is 1.62 bits per heavy atom. The van der Waals surface area contributed by atoms with Gasteiger partial charge in [-0.2, -0.15) is 0 Å². The van der Waals surface area contributed by atoms with Crippen LogP contribution in [0.2, 0.25) is 0 Å². The highest BCUT2D eigenvalue weighted by atomic mass is 32.2. The average molecular weight is 458 g/mol. The second kappa shape index (κ2) is 8.51. The molecule has 1 aromatic heterocycles. The van der Waals surface area contributed by atoms with Gasteiger partial charge in [0.05, 0.1) is 16.3 Å². The Hall–Kier alpha value is -3.59. The maximum atomic E-state index is 14.0. The number of rotatable bonds is 6. The fourth-order valence-electron chi connectivity index (χ4n) is 3.42. The van der Waals surface area contributed by atoms with Crippen LogP contribution in [0, 0.1) is 17.5 Å². The minimum absolute atomic E-state index is 0.0360. The zero-order chi connectivity index (χ0) is 22.9. The van der Waals surface area contributed by atoms with E-state index < -0.39 is 38.9 Å². The molecular weight excluding hydrogens is 441 g/mol. The van der Waals surface area contributed by atoms with Crippen molar-refractivity contribution in [2.45, 2.75) is 17.2 Å². The van der Waals surface area contributed by atoms with Gasteiger partial charge in [0.25, 0.3) is 0 Å². The summed E-state index contributed by atoms with van der Waals surface area (Å²) in [5.41, 5.74) is 0.309. The largest absolute Gasteiger partial charge is 0.337 e. The Morgan fingerprint density at radius 1 is 0.906 bits per heavy atom. The first kappa shape index (κ1) is 21.6. The lowest BCUT2D eigenvalue weighted by atomic mass is 10.2. The summed E-state index contributed by atoms with van der Waals surface area (Å²) in [5, 5.41) is 2.72. The van der Waals surface area contributed by atoms with Crippen LogP contribution in [-0.4, -0.2) is 18.9 Å². The van der Waals surface area contributed by atoms with E-state index in [1.165, 1.54) is 29.0 Å². The number of sulfone groups is 1. The number of carbonyl (C=O) groups is 1. The van der Waals surface area contributed by atoms with Crippen molar-refractivity contribution in [3.8, 4) is 0 Å². The zero-order valence-electron chi connectivity index (χ0n) is 16.6. The number of aromatic nitrogens is 1. The second-order valence-corrected chi connectivity index (χ2v) is 9.12. The van der Waals surface area contributed by atoms with Gasteiger partial charge in [0, 0.05) is 28.7 Å². The highest BCUT2D eigenvalue weighted by Gasteiger charge is 2.23. The molecule has 4 rings (SSSR count). The fraction of sp³-hybridized carbons (Fsp3) is 0.0870. The van der Waals surface area contributed by atoms with Crippen LogP contribution in [0.4, 0.5) is 18.9 Å². The molecule has 0 spiro atoms. The van der Waals surface area contributed by atoms with Gasteiger partial charge >= 0.3 is 0 Å². The number of nitrogens with one attached hydrogen (secondary N) is 1. The summed E-state index contributed by atoms with van der Waals surface area (Å²) in [5.74, 6) is -3.50. The quantitative estimate of drug-likeness (QED) is 0.457. The van der Waals surface area contributed by atoms with Gasteiger partial charge in [-0.1, -0.05) is 36.4 Å². The van der Waals surface area contributed by atoms with Gasteiger partial charge in [0.15, 0.2) is 9.84 Å². The van der Waals surface area contributed by atoms with Gasteiger partial charge in [-0.05, 0) is 24.3 Å². The summed E-state index contributed by atoms with van der Waals surface area (Å²) in [7, 11) is -3.94. The number of fused-ring (bicyclic) bond motifs is 1. The maximum absolute atomic E-state index is 14.0. The van der Waals surface area contributed by atoms with E-state index in [1.54, 1.807) is 30.3 Å². The minimum Gasteiger partial charge on any atom is -0.337 e. The first-order valence-electron chi connectivity index (χ1n) is 9.53. The molecule has 32 heavy (non-hydrogen) atoms. The predicted molar refractivity (Wildman–Crippen MR) is 114 cm³/mol. The molecule has 1 N–H and O–H groups in total. The molecule has 0 fully saturated rings. The van der Waals surface area contributed by atoms with Crippen LogP contribution < -0.4 is 5.32 Å². The number of halogens is 3. The van der Waals surface area contributed by atoms with Gasteiger partial charge in [0.1, 0.15) is 24.0 Å². The zero-order valence-corrected chi connectivity index (χ0v) is 17.4. The van der Waals surface area contributed by atoms with Crippen molar-refractivity contribution in [3.63, 3.8) is 0 Å². The lowest BCUT2D eigenvalue weighted by Gasteiger charge is -2.08. The molecule has 164 valence electrons. The number of nitrogens with zero attached hydrogens (tertiary/aromatic N) is 1. The van der Waals surface area contributed by atoms with E-state index in [0.717, 1.165) is 12.1 Å². The van der Waals surface area contributed by atoms with Crippen LogP contribution in [0.15, 0.2) is 77.8 Å². The van der Waals surface area contributed by atoms with Gasteiger partial charge in [0.2, 0.25) is 5.91 Å². The van der Waals surface area contributed by atoms with Gasteiger partial charge in [-0.15, -0.1) is 0 Å². The molecular formula is C23H17F3N2O3S. The average Bonchev–Trinajstić information content (AvgIpc) is 3.11. The molecule has 0 saturated heterocycles. The molecule has 4 aromatic rings. The van der Waals surface area contributed by atoms with Crippen LogP contribution in [-0.2, 0) is 26.9 Å². The third-order valence-corrected chi connectivity index (χ3v) is 6.60. The number of amides is 1. The number of benzene rings is 3. The molecule has 1 amide bonds. The van der Waals surface area contributed by atoms with Crippen molar-refractivity contribution in [2.75, 3.05) is 5.32 Å². The van der Waals surface area contributed by atoms with Crippen molar-refractivity contribution >= 4 is 32.3 Å². The standard InChI is InChI=1S/C23H17F3N2O3S/c24-16-9-10-20(19(26)11-16)27-23(29)13-28-12-22(17-6-2-4-8-21(17)28)32(30,31)14-15-5-1-3-7-18(15)25/h1-12H,13-14H2,(H,27,29). The van der Waals surface area contributed by atoms with Crippen molar-refractivity contribution in [1.82, 2.24) is 4.57 Å². The van der Waals surface area contributed by atoms with E-state index in [2.05, 4.69) is 5.32 Å². The van der Waals surface area contributed by atoms with Crippen molar-refractivity contribution in [3.05, 3.63) is 95.9 Å². The number of para-hydroxylation sites is 1. The van der Waals surface area contributed by atoms with Crippen LogP contribution in [0.3, 0.4) is 0 Å². The predicted octanol–water partition coefficient (Wildman–Crippen LogP) is 4.67. The van der Waals surface area contributed by atoms with Crippen LogP contribution in [0.5, 0.6) is 0 Å². The summed E-state index contributed by atoms with van der Waals surface area (Å²) in [6, 6.07) is 14.9. The summed E-state index contributed by atoms with van der Waals surface area (Å²) in [6.07, 6.45) is 1.31. The molecule has 0 aliphatic carbocycles. The molecule has 0 aliphatic heterocycles. The van der Waals surface area contributed by atoms with Crippen LogP contribution in [0.25, 0.3) is 10.9 Å². The molecule has 5 nitrogen and oxygen atoms in total.